The van der Waals surface area contributed by atoms with Crippen molar-refractivity contribution in [2.75, 3.05) is 0 Å². The molecule has 0 saturated carbocycles. The third-order valence-electron chi connectivity index (χ3n) is 2.19. The van der Waals surface area contributed by atoms with Crippen LogP contribution in [-0.2, 0) is 6.54 Å². The topological polar surface area (TPSA) is 67.6 Å². The molecule has 2 aromatic heterocycles. The second kappa shape index (κ2) is 4.72. The van der Waals surface area contributed by atoms with Gasteiger partial charge >= 0.3 is 0 Å². The lowest BCUT2D eigenvalue weighted by molar-refractivity contribution is 0.467. The lowest BCUT2D eigenvalue weighted by Gasteiger charge is -2.06. The van der Waals surface area contributed by atoms with E-state index in [4.69, 9.17) is 9.68 Å². The van der Waals surface area contributed by atoms with Crippen molar-refractivity contribution in [3.8, 4) is 17.5 Å². The standard InChI is InChI=1S/C11H11BrN4O/c1-7(2)6-16-11(8(5-13)14-15-16)9-3-4-10(12)17-9/h3-4,7H,6H2,1-2H3. The van der Waals surface area contributed by atoms with Gasteiger partial charge in [0.15, 0.2) is 16.1 Å². The van der Waals surface area contributed by atoms with Crippen molar-refractivity contribution in [3.05, 3.63) is 22.5 Å². The van der Waals surface area contributed by atoms with Crippen LogP contribution in [0.1, 0.15) is 19.5 Å². The fourth-order valence-electron chi connectivity index (χ4n) is 1.55. The first-order valence-electron chi connectivity index (χ1n) is 5.21. The zero-order valence-corrected chi connectivity index (χ0v) is 11.1. The molecule has 0 saturated heterocycles. The molecule has 0 atom stereocenters. The highest BCUT2D eigenvalue weighted by Crippen LogP contribution is 2.27. The molecular formula is C11H11BrN4O. The van der Waals surface area contributed by atoms with Gasteiger partial charge in [-0.05, 0) is 34.0 Å². The summed E-state index contributed by atoms with van der Waals surface area (Å²) < 4.78 is 7.78. The summed E-state index contributed by atoms with van der Waals surface area (Å²) in [5.74, 6) is 1.01. The number of hydrogen-bond donors (Lipinski definition) is 0. The molecule has 2 aromatic rings. The fraction of sp³-hybridized carbons (Fsp3) is 0.364. The van der Waals surface area contributed by atoms with Crippen molar-refractivity contribution in [1.29, 1.82) is 5.26 Å². The summed E-state index contributed by atoms with van der Waals surface area (Å²) in [6, 6.07) is 5.60. The molecule has 0 aliphatic heterocycles. The summed E-state index contributed by atoms with van der Waals surface area (Å²) in [4.78, 5) is 0. The van der Waals surface area contributed by atoms with Crippen LogP contribution in [0.3, 0.4) is 0 Å². The summed E-state index contributed by atoms with van der Waals surface area (Å²) in [5, 5.41) is 16.8. The highest BCUT2D eigenvalue weighted by molar-refractivity contribution is 9.10. The Bertz CT molecular complexity index is 564. The molecule has 0 unspecified atom stereocenters. The molecule has 5 nitrogen and oxygen atoms in total. The number of hydrogen-bond acceptors (Lipinski definition) is 4. The summed E-state index contributed by atoms with van der Waals surface area (Å²) in [7, 11) is 0. The van der Waals surface area contributed by atoms with Crippen LogP contribution in [0.25, 0.3) is 11.5 Å². The Balaban J connectivity index is 2.50. The van der Waals surface area contributed by atoms with E-state index < -0.39 is 0 Å². The van der Waals surface area contributed by atoms with Gasteiger partial charge in [-0.15, -0.1) is 5.10 Å². The van der Waals surface area contributed by atoms with Crippen LogP contribution < -0.4 is 0 Å². The van der Waals surface area contributed by atoms with Crippen LogP contribution >= 0.6 is 15.9 Å². The first-order chi connectivity index (χ1) is 8.11. The normalized spacial score (nSPS) is 10.8. The molecule has 0 radical (unpaired) electrons. The van der Waals surface area contributed by atoms with E-state index >= 15 is 0 Å². The molecule has 0 spiro atoms. The van der Waals surface area contributed by atoms with Gasteiger partial charge in [-0.3, -0.25) is 0 Å². The molecule has 88 valence electrons. The van der Waals surface area contributed by atoms with E-state index in [-0.39, 0.29) is 5.69 Å². The second-order valence-electron chi connectivity index (χ2n) is 4.08. The molecule has 0 fully saturated rings. The van der Waals surface area contributed by atoms with E-state index in [1.165, 1.54) is 0 Å². The maximum absolute atomic E-state index is 9.01. The Kier molecular flexibility index (Phi) is 3.29. The number of nitriles is 1. The summed E-state index contributed by atoms with van der Waals surface area (Å²) in [6.45, 7) is 4.85. The van der Waals surface area contributed by atoms with Crippen LogP contribution in [0.5, 0.6) is 0 Å². The van der Waals surface area contributed by atoms with Gasteiger partial charge < -0.3 is 4.42 Å². The van der Waals surface area contributed by atoms with Crippen molar-refractivity contribution in [2.45, 2.75) is 20.4 Å². The van der Waals surface area contributed by atoms with Crippen molar-refractivity contribution in [3.63, 3.8) is 0 Å². The predicted molar refractivity (Wildman–Crippen MR) is 65.0 cm³/mol. The van der Waals surface area contributed by atoms with Gasteiger partial charge in [0.05, 0.1) is 0 Å². The van der Waals surface area contributed by atoms with Gasteiger partial charge in [-0.25, -0.2) is 4.68 Å². The smallest absolute Gasteiger partial charge is 0.193 e. The summed E-state index contributed by atoms with van der Waals surface area (Å²) >= 11 is 3.24. The number of aromatic nitrogens is 3. The van der Waals surface area contributed by atoms with Crippen LogP contribution in [-0.4, -0.2) is 15.0 Å². The van der Waals surface area contributed by atoms with Crippen molar-refractivity contribution in [2.24, 2.45) is 5.92 Å². The molecule has 17 heavy (non-hydrogen) atoms. The van der Waals surface area contributed by atoms with Gasteiger partial charge in [0.1, 0.15) is 11.8 Å². The molecule has 0 amide bonds. The van der Waals surface area contributed by atoms with E-state index in [2.05, 4.69) is 40.1 Å². The fourth-order valence-corrected chi connectivity index (χ4v) is 1.85. The van der Waals surface area contributed by atoms with Crippen LogP contribution in [0, 0.1) is 17.2 Å². The minimum Gasteiger partial charge on any atom is -0.448 e. The molecule has 0 aliphatic carbocycles. The maximum atomic E-state index is 9.01. The maximum Gasteiger partial charge on any atom is 0.193 e. The summed E-state index contributed by atoms with van der Waals surface area (Å²) in [6.07, 6.45) is 0. The highest BCUT2D eigenvalue weighted by Gasteiger charge is 2.18. The molecular weight excluding hydrogens is 284 g/mol. The summed E-state index contributed by atoms with van der Waals surface area (Å²) in [5.41, 5.74) is 0.916. The van der Waals surface area contributed by atoms with Gasteiger partial charge in [-0.2, -0.15) is 5.26 Å². The zero-order valence-electron chi connectivity index (χ0n) is 9.51. The van der Waals surface area contributed by atoms with Gasteiger partial charge in [0.2, 0.25) is 0 Å². The Morgan fingerprint density at radius 3 is 2.82 bits per heavy atom. The van der Waals surface area contributed by atoms with E-state index in [1.54, 1.807) is 16.8 Å². The second-order valence-corrected chi connectivity index (χ2v) is 4.86. The van der Waals surface area contributed by atoms with Gasteiger partial charge in [0, 0.05) is 6.54 Å². The Morgan fingerprint density at radius 1 is 1.53 bits per heavy atom. The minimum atomic E-state index is 0.285. The van der Waals surface area contributed by atoms with E-state index in [0.717, 1.165) is 0 Å². The highest BCUT2D eigenvalue weighted by atomic mass is 79.9. The number of furan rings is 1. The van der Waals surface area contributed by atoms with Gasteiger partial charge in [-0.1, -0.05) is 19.1 Å². The first kappa shape index (κ1) is 11.9. The lowest BCUT2D eigenvalue weighted by atomic mass is 10.2. The number of halogens is 1. The van der Waals surface area contributed by atoms with Crippen LogP contribution in [0.4, 0.5) is 0 Å². The van der Waals surface area contributed by atoms with Crippen molar-refractivity contribution < 1.29 is 4.42 Å². The van der Waals surface area contributed by atoms with E-state index in [1.807, 2.05) is 6.07 Å². The monoisotopic (exact) mass is 294 g/mol. The Labute approximate surface area is 107 Å². The minimum absolute atomic E-state index is 0.285. The average molecular weight is 295 g/mol. The lowest BCUT2D eigenvalue weighted by Crippen LogP contribution is -2.07. The quantitative estimate of drug-likeness (QED) is 0.873. The van der Waals surface area contributed by atoms with Crippen molar-refractivity contribution in [1.82, 2.24) is 15.0 Å². The van der Waals surface area contributed by atoms with Crippen LogP contribution in [0.2, 0.25) is 0 Å². The third kappa shape index (κ3) is 2.39. The molecule has 6 heteroatoms. The SMILES string of the molecule is CC(C)Cn1nnc(C#N)c1-c1ccc(Br)o1. The molecule has 0 bridgehead atoms. The molecule has 2 rings (SSSR count). The average Bonchev–Trinajstić information content (AvgIpc) is 2.83. The Hall–Kier alpha value is -1.61. The molecule has 2 heterocycles. The zero-order chi connectivity index (χ0) is 12.4. The third-order valence-corrected chi connectivity index (χ3v) is 2.61. The molecule has 0 aromatic carbocycles. The first-order valence-corrected chi connectivity index (χ1v) is 6.00. The van der Waals surface area contributed by atoms with Crippen LogP contribution in [0.15, 0.2) is 21.2 Å². The predicted octanol–water partition coefficient (Wildman–Crippen LogP) is 2.83. The number of rotatable bonds is 3. The van der Waals surface area contributed by atoms with E-state index in [0.29, 0.717) is 28.6 Å². The molecule has 0 N–H and O–H groups in total. The Morgan fingerprint density at radius 2 is 2.29 bits per heavy atom. The number of nitrogens with zero attached hydrogens (tertiary/aromatic N) is 4. The largest absolute Gasteiger partial charge is 0.448 e. The van der Waals surface area contributed by atoms with E-state index in [9.17, 15) is 0 Å². The van der Waals surface area contributed by atoms with Gasteiger partial charge in [0.25, 0.3) is 0 Å². The molecule has 0 aliphatic rings. The van der Waals surface area contributed by atoms with Crippen molar-refractivity contribution >= 4 is 15.9 Å².